The zero-order valence-electron chi connectivity index (χ0n) is 9.89. The standard InChI is InChI=1S/C12H12FN5/c1-2-7-15-12-11(8-14)16-18(17-12)10-5-3-9(13)4-6-10/h3-6H,2,7H2,1H3,(H,15,17). The Labute approximate surface area is 104 Å². The zero-order chi connectivity index (χ0) is 13.0. The highest BCUT2D eigenvalue weighted by Crippen LogP contribution is 2.13. The van der Waals surface area contributed by atoms with E-state index in [0.717, 1.165) is 13.0 Å². The van der Waals surface area contributed by atoms with Crippen molar-refractivity contribution in [3.8, 4) is 11.8 Å². The molecule has 0 unspecified atom stereocenters. The van der Waals surface area contributed by atoms with Gasteiger partial charge in [-0.15, -0.1) is 15.0 Å². The van der Waals surface area contributed by atoms with Crippen LogP contribution in [0.2, 0.25) is 0 Å². The smallest absolute Gasteiger partial charge is 0.207 e. The summed E-state index contributed by atoms with van der Waals surface area (Å²) in [5.74, 6) is 0.124. The molecular formula is C12H12FN5. The van der Waals surface area contributed by atoms with Crippen molar-refractivity contribution in [2.45, 2.75) is 13.3 Å². The molecular weight excluding hydrogens is 233 g/mol. The summed E-state index contributed by atoms with van der Waals surface area (Å²) in [4.78, 5) is 1.32. The van der Waals surface area contributed by atoms with Crippen molar-refractivity contribution in [3.05, 3.63) is 35.8 Å². The lowest BCUT2D eigenvalue weighted by atomic mass is 10.3. The van der Waals surface area contributed by atoms with Gasteiger partial charge in [0, 0.05) is 6.54 Å². The highest BCUT2D eigenvalue weighted by molar-refractivity contribution is 5.47. The maximum Gasteiger partial charge on any atom is 0.207 e. The van der Waals surface area contributed by atoms with Gasteiger partial charge in [0.2, 0.25) is 5.69 Å². The molecule has 0 atom stereocenters. The van der Waals surface area contributed by atoms with Crippen LogP contribution in [0.1, 0.15) is 19.0 Å². The first kappa shape index (κ1) is 12.0. The Morgan fingerprint density at radius 1 is 1.33 bits per heavy atom. The Kier molecular flexibility index (Phi) is 3.53. The van der Waals surface area contributed by atoms with Crippen LogP contribution in [-0.2, 0) is 0 Å². The maximum atomic E-state index is 12.8. The number of hydrogen-bond acceptors (Lipinski definition) is 4. The fraction of sp³-hybridized carbons (Fsp3) is 0.250. The van der Waals surface area contributed by atoms with Crippen LogP contribution in [0.4, 0.5) is 10.2 Å². The molecule has 0 radical (unpaired) electrons. The summed E-state index contributed by atoms with van der Waals surface area (Å²) in [7, 11) is 0. The van der Waals surface area contributed by atoms with E-state index < -0.39 is 0 Å². The molecule has 0 aliphatic carbocycles. The van der Waals surface area contributed by atoms with Crippen molar-refractivity contribution in [1.82, 2.24) is 15.0 Å². The predicted molar refractivity (Wildman–Crippen MR) is 64.8 cm³/mol. The monoisotopic (exact) mass is 245 g/mol. The molecule has 1 heterocycles. The van der Waals surface area contributed by atoms with E-state index >= 15 is 0 Å². The average Bonchev–Trinajstić information content (AvgIpc) is 2.80. The van der Waals surface area contributed by atoms with Crippen LogP contribution in [0.3, 0.4) is 0 Å². The predicted octanol–water partition coefficient (Wildman–Crippen LogP) is 2.10. The number of rotatable bonds is 4. The van der Waals surface area contributed by atoms with Crippen LogP contribution < -0.4 is 5.32 Å². The van der Waals surface area contributed by atoms with Crippen molar-refractivity contribution < 1.29 is 4.39 Å². The van der Waals surface area contributed by atoms with E-state index in [1.54, 1.807) is 12.1 Å². The summed E-state index contributed by atoms with van der Waals surface area (Å²) in [6.45, 7) is 2.74. The lowest BCUT2D eigenvalue weighted by molar-refractivity contribution is 0.626. The third-order valence-corrected chi connectivity index (χ3v) is 2.32. The molecule has 1 aromatic carbocycles. The first-order valence-electron chi connectivity index (χ1n) is 5.62. The summed E-state index contributed by atoms with van der Waals surface area (Å²) in [6, 6.07) is 7.73. The minimum atomic E-state index is -0.323. The maximum absolute atomic E-state index is 12.8. The second-order valence-electron chi connectivity index (χ2n) is 3.70. The molecule has 0 fully saturated rings. The van der Waals surface area contributed by atoms with Gasteiger partial charge in [-0.1, -0.05) is 6.92 Å². The van der Waals surface area contributed by atoms with Gasteiger partial charge in [-0.2, -0.15) is 5.26 Å². The van der Waals surface area contributed by atoms with E-state index in [0.29, 0.717) is 11.5 Å². The van der Waals surface area contributed by atoms with E-state index in [4.69, 9.17) is 5.26 Å². The van der Waals surface area contributed by atoms with Crippen molar-refractivity contribution in [2.75, 3.05) is 11.9 Å². The fourth-order valence-corrected chi connectivity index (χ4v) is 1.43. The highest BCUT2D eigenvalue weighted by atomic mass is 19.1. The molecule has 0 bridgehead atoms. The van der Waals surface area contributed by atoms with E-state index in [2.05, 4.69) is 15.5 Å². The molecule has 92 valence electrons. The first-order valence-corrected chi connectivity index (χ1v) is 5.62. The SMILES string of the molecule is CCCNc1nn(-c2ccc(F)cc2)nc1C#N. The number of anilines is 1. The van der Waals surface area contributed by atoms with Gasteiger partial charge in [0.1, 0.15) is 11.9 Å². The quantitative estimate of drug-likeness (QED) is 0.895. The van der Waals surface area contributed by atoms with E-state index in [1.807, 2.05) is 13.0 Å². The van der Waals surface area contributed by atoms with Crippen molar-refractivity contribution in [1.29, 1.82) is 5.26 Å². The number of nitriles is 1. The van der Waals surface area contributed by atoms with E-state index in [1.165, 1.54) is 16.9 Å². The van der Waals surface area contributed by atoms with Gasteiger partial charge in [0.05, 0.1) is 5.69 Å². The van der Waals surface area contributed by atoms with Crippen molar-refractivity contribution in [3.63, 3.8) is 0 Å². The second kappa shape index (κ2) is 5.27. The minimum Gasteiger partial charge on any atom is -0.366 e. The third kappa shape index (κ3) is 2.46. The third-order valence-electron chi connectivity index (χ3n) is 2.32. The Morgan fingerprint density at radius 2 is 2.06 bits per heavy atom. The molecule has 2 aromatic rings. The highest BCUT2D eigenvalue weighted by Gasteiger charge is 2.10. The topological polar surface area (TPSA) is 66.5 Å². The van der Waals surface area contributed by atoms with Crippen molar-refractivity contribution in [2.24, 2.45) is 0 Å². The fourth-order valence-electron chi connectivity index (χ4n) is 1.43. The summed E-state index contributed by atoms with van der Waals surface area (Å²) in [5, 5.41) is 20.2. The number of hydrogen-bond donors (Lipinski definition) is 1. The average molecular weight is 245 g/mol. The van der Waals surface area contributed by atoms with Crippen LogP contribution in [0.15, 0.2) is 24.3 Å². The first-order chi connectivity index (χ1) is 8.74. The van der Waals surface area contributed by atoms with Gasteiger partial charge < -0.3 is 5.32 Å². The van der Waals surface area contributed by atoms with Gasteiger partial charge in [0.15, 0.2) is 5.82 Å². The van der Waals surface area contributed by atoms with Crippen molar-refractivity contribution >= 4 is 5.82 Å². The Balaban J connectivity index is 2.32. The minimum absolute atomic E-state index is 0.229. The Bertz CT molecular complexity index is 567. The molecule has 0 amide bonds. The number of nitrogens with zero attached hydrogens (tertiary/aromatic N) is 4. The van der Waals surface area contributed by atoms with E-state index in [-0.39, 0.29) is 11.5 Å². The lowest BCUT2D eigenvalue weighted by Crippen LogP contribution is -2.03. The number of benzene rings is 1. The molecule has 0 aliphatic rings. The summed E-state index contributed by atoms with van der Waals surface area (Å²) >= 11 is 0. The molecule has 0 saturated heterocycles. The van der Waals surface area contributed by atoms with Gasteiger partial charge in [-0.25, -0.2) is 4.39 Å². The van der Waals surface area contributed by atoms with Crippen LogP contribution in [0.5, 0.6) is 0 Å². The Hall–Kier alpha value is -2.42. The van der Waals surface area contributed by atoms with Gasteiger partial charge >= 0.3 is 0 Å². The lowest BCUT2D eigenvalue weighted by Gasteiger charge is -1.99. The molecule has 2 rings (SSSR count). The second-order valence-corrected chi connectivity index (χ2v) is 3.70. The number of halogens is 1. The van der Waals surface area contributed by atoms with Gasteiger partial charge in [-0.3, -0.25) is 0 Å². The van der Waals surface area contributed by atoms with Gasteiger partial charge in [0.25, 0.3) is 0 Å². The molecule has 1 N–H and O–H groups in total. The number of nitrogens with one attached hydrogen (secondary N) is 1. The molecule has 0 spiro atoms. The molecule has 5 nitrogen and oxygen atoms in total. The molecule has 1 aromatic heterocycles. The summed E-state index contributed by atoms with van der Waals surface area (Å²) in [6.07, 6.45) is 0.925. The van der Waals surface area contributed by atoms with Crippen LogP contribution in [-0.4, -0.2) is 21.5 Å². The van der Waals surface area contributed by atoms with Crippen LogP contribution in [0, 0.1) is 17.1 Å². The normalized spacial score (nSPS) is 10.1. The number of aromatic nitrogens is 3. The Morgan fingerprint density at radius 3 is 2.67 bits per heavy atom. The van der Waals surface area contributed by atoms with Crippen LogP contribution >= 0.6 is 0 Å². The molecule has 0 saturated carbocycles. The summed E-state index contributed by atoms with van der Waals surface area (Å²) < 4.78 is 12.8. The van der Waals surface area contributed by atoms with Gasteiger partial charge in [-0.05, 0) is 30.7 Å². The van der Waals surface area contributed by atoms with Crippen LogP contribution in [0.25, 0.3) is 5.69 Å². The van der Waals surface area contributed by atoms with E-state index in [9.17, 15) is 4.39 Å². The zero-order valence-corrected chi connectivity index (χ0v) is 9.89. The largest absolute Gasteiger partial charge is 0.366 e. The molecule has 0 aliphatic heterocycles. The molecule has 18 heavy (non-hydrogen) atoms. The molecule has 6 heteroatoms. The summed E-state index contributed by atoms with van der Waals surface area (Å²) in [5.41, 5.74) is 0.838.